The Morgan fingerprint density at radius 2 is 1.73 bits per heavy atom. The molecule has 0 aliphatic rings. The molecule has 7 nitrogen and oxygen atoms in total. The lowest BCUT2D eigenvalue weighted by Crippen LogP contribution is -2.19. The van der Waals surface area contributed by atoms with Crippen LogP contribution in [0.4, 0.5) is 5.69 Å². The normalized spacial score (nSPS) is 10.8. The van der Waals surface area contributed by atoms with E-state index in [0.717, 1.165) is 40.1 Å². The number of carbonyl (C=O) groups excluding carboxylic acids is 1. The minimum Gasteiger partial charge on any atom is -0.493 e. The number of hydrogen-bond donors (Lipinski definition) is 1. The molecular weight excluding hydrogens is 464 g/mol. The number of aromatic nitrogens is 2. The van der Waals surface area contributed by atoms with Crippen LogP contribution in [0, 0.1) is 6.92 Å². The topological polar surface area (TPSA) is 76.6 Å². The van der Waals surface area contributed by atoms with Crippen LogP contribution in [0.1, 0.15) is 11.1 Å². The van der Waals surface area contributed by atoms with Crippen molar-refractivity contribution in [2.75, 3.05) is 39.7 Å². The maximum Gasteiger partial charge on any atom is 0.228 e. The number of amides is 1. The van der Waals surface area contributed by atoms with Crippen LogP contribution in [0.3, 0.4) is 0 Å². The van der Waals surface area contributed by atoms with Gasteiger partial charge in [0.15, 0.2) is 11.5 Å². The zero-order chi connectivity index (χ0) is 26.2. The molecule has 0 saturated carbocycles. The molecule has 4 rings (SSSR count). The van der Waals surface area contributed by atoms with Crippen LogP contribution < -0.4 is 14.8 Å². The molecular formula is C30H32N4O3. The fourth-order valence-electron chi connectivity index (χ4n) is 3.99. The fourth-order valence-corrected chi connectivity index (χ4v) is 3.99. The van der Waals surface area contributed by atoms with Crippen LogP contribution in [0.25, 0.3) is 22.4 Å². The number of methoxy groups -OCH3 is 1. The highest BCUT2D eigenvalue weighted by Gasteiger charge is 2.11. The van der Waals surface area contributed by atoms with E-state index in [9.17, 15) is 4.79 Å². The van der Waals surface area contributed by atoms with Gasteiger partial charge in [-0.05, 0) is 61.5 Å². The van der Waals surface area contributed by atoms with E-state index in [0.29, 0.717) is 23.8 Å². The number of nitrogens with one attached hydrogen (secondary N) is 1. The van der Waals surface area contributed by atoms with Crippen LogP contribution in [0.2, 0.25) is 0 Å². The summed E-state index contributed by atoms with van der Waals surface area (Å²) in [5.41, 5.74) is 6.88. The monoisotopic (exact) mass is 496 g/mol. The van der Waals surface area contributed by atoms with Crippen molar-refractivity contribution in [1.29, 1.82) is 0 Å². The van der Waals surface area contributed by atoms with Gasteiger partial charge in [0.2, 0.25) is 5.91 Å². The number of anilines is 1. The Morgan fingerprint density at radius 1 is 0.946 bits per heavy atom. The number of aryl methyl sites for hydroxylation is 1. The van der Waals surface area contributed by atoms with Crippen molar-refractivity contribution >= 4 is 11.6 Å². The molecule has 1 amide bonds. The van der Waals surface area contributed by atoms with Crippen molar-refractivity contribution in [2.24, 2.45) is 0 Å². The second kappa shape index (κ2) is 12.1. The molecule has 0 radical (unpaired) electrons. The minimum absolute atomic E-state index is 0.0957. The molecule has 190 valence electrons. The zero-order valence-corrected chi connectivity index (χ0v) is 21.7. The van der Waals surface area contributed by atoms with E-state index in [1.807, 2.05) is 37.2 Å². The second-order valence-electron chi connectivity index (χ2n) is 9.06. The summed E-state index contributed by atoms with van der Waals surface area (Å²) in [7, 11) is 5.58. The molecule has 1 aromatic heterocycles. The van der Waals surface area contributed by atoms with Gasteiger partial charge in [0, 0.05) is 36.3 Å². The van der Waals surface area contributed by atoms with Gasteiger partial charge in [-0.1, -0.05) is 36.4 Å². The average Bonchev–Trinajstić information content (AvgIpc) is 2.90. The van der Waals surface area contributed by atoms with Gasteiger partial charge in [-0.2, -0.15) is 0 Å². The summed E-state index contributed by atoms with van der Waals surface area (Å²) in [4.78, 5) is 23.3. The van der Waals surface area contributed by atoms with Gasteiger partial charge in [0.25, 0.3) is 0 Å². The van der Waals surface area contributed by atoms with E-state index in [1.54, 1.807) is 37.8 Å². The molecule has 37 heavy (non-hydrogen) atoms. The van der Waals surface area contributed by atoms with E-state index < -0.39 is 0 Å². The third-order valence-corrected chi connectivity index (χ3v) is 5.96. The number of likely N-dealkylation sites (N-methyl/N-ethyl adjacent to an activating group) is 1. The van der Waals surface area contributed by atoms with Crippen molar-refractivity contribution in [3.05, 3.63) is 90.4 Å². The zero-order valence-electron chi connectivity index (χ0n) is 21.7. The van der Waals surface area contributed by atoms with Gasteiger partial charge in [-0.15, -0.1) is 0 Å². The molecule has 7 heteroatoms. The highest BCUT2D eigenvalue weighted by molar-refractivity contribution is 5.92. The third-order valence-electron chi connectivity index (χ3n) is 5.96. The van der Waals surface area contributed by atoms with Crippen molar-refractivity contribution in [1.82, 2.24) is 14.9 Å². The van der Waals surface area contributed by atoms with E-state index in [-0.39, 0.29) is 12.3 Å². The summed E-state index contributed by atoms with van der Waals surface area (Å²) in [6, 6.07) is 19.8. The smallest absolute Gasteiger partial charge is 0.228 e. The van der Waals surface area contributed by atoms with E-state index in [1.165, 1.54) is 0 Å². The second-order valence-corrected chi connectivity index (χ2v) is 9.06. The molecule has 0 aliphatic carbocycles. The van der Waals surface area contributed by atoms with Gasteiger partial charge in [0.1, 0.15) is 6.61 Å². The molecule has 0 bridgehead atoms. The quantitative estimate of drug-likeness (QED) is 0.323. The van der Waals surface area contributed by atoms with Crippen molar-refractivity contribution < 1.29 is 14.3 Å². The summed E-state index contributed by atoms with van der Waals surface area (Å²) in [6.45, 7) is 3.39. The van der Waals surface area contributed by atoms with Gasteiger partial charge >= 0.3 is 0 Å². The highest BCUT2D eigenvalue weighted by atomic mass is 16.5. The molecule has 0 atom stereocenters. The maximum absolute atomic E-state index is 12.7. The summed E-state index contributed by atoms with van der Waals surface area (Å²) in [5.74, 6) is 1.14. The lowest BCUT2D eigenvalue weighted by Gasteiger charge is -2.15. The molecule has 1 heterocycles. The van der Waals surface area contributed by atoms with E-state index in [2.05, 4.69) is 52.5 Å². The van der Waals surface area contributed by atoms with Gasteiger partial charge < -0.3 is 19.7 Å². The molecule has 0 saturated heterocycles. The predicted molar refractivity (Wildman–Crippen MR) is 147 cm³/mol. The number of carbonyl (C=O) groups is 1. The standard InChI is InChI=1S/C30H32N4O3/c1-21-17-24(27-20-31-13-14-32-27)9-11-26(21)23-7-5-22(6-8-23)18-30(35)33-25-10-12-28(36-4)29(19-25)37-16-15-34(2)3/h5-14,17,19-20H,15-16,18H2,1-4H3,(H,33,35). The number of nitrogens with zero attached hydrogens (tertiary/aromatic N) is 3. The number of rotatable bonds is 10. The Labute approximate surface area is 218 Å². The van der Waals surface area contributed by atoms with Crippen LogP contribution >= 0.6 is 0 Å². The van der Waals surface area contributed by atoms with Crippen molar-refractivity contribution in [3.8, 4) is 33.9 Å². The minimum atomic E-state index is -0.0957. The van der Waals surface area contributed by atoms with Gasteiger partial charge in [0.05, 0.1) is 25.4 Å². The van der Waals surface area contributed by atoms with Crippen molar-refractivity contribution in [2.45, 2.75) is 13.3 Å². The van der Waals surface area contributed by atoms with Crippen LogP contribution in [-0.4, -0.2) is 55.1 Å². The Bertz CT molecular complexity index is 1340. The molecule has 0 aliphatic heterocycles. The Kier molecular flexibility index (Phi) is 8.48. The number of hydrogen-bond acceptors (Lipinski definition) is 6. The average molecular weight is 497 g/mol. The van der Waals surface area contributed by atoms with Gasteiger partial charge in [-0.25, -0.2) is 0 Å². The molecule has 4 aromatic rings. The first-order chi connectivity index (χ1) is 17.9. The van der Waals surface area contributed by atoms with Crippen LogP contribution in [0.15, 0.2) is 79.3 Å². The summed E-state index contributed by atoms with van der Waals surface area (Å²) in [5, 5.41) is 2.96. The Balaban J connectivity index is 1.39. The highest BCUT2D eigenvalue weighted by Crippen LogP contribution is 2.31. The summed E-state index contributed by atoms with van der Waals surface area (Å²) >= 11 is 0. The maximum atomic E-state index is 12.7. The first-order valence-corrected chi connectivity index (χ1v) is 12.1. The summed E-state index contributed by atoms with van der Waals surface area (Å²) < 4.78 is 11.2. The van der Waals surface area contributed by atoms with Crippen LogP contribution in [0.5, 0.6) is 11.5 Å². The lowest BCUT2D eigenvalue weighted by molar-refractivity contribution is -0.115. The van der Waals surface area contributed by atoms with Crippen LogP contribution in [-0.2, 0) is 11.2 Å². The molecule has 3 aromatic carbocycles. The molecule has 0 fully saturated rings. The number of ether oxygens (including phenoxy) is 2. The van der Waals surface area contributed by atoms with Gasteiger partial charge in [-0.3, -0.25) is 14.8 Å². The lowest BCUT2D eigenvalue weighted by atomic mass is 9.96. The Morgan fingerprint density at radius 3 is 2.41 bits per heavy atom. The third kappa shape index (κ3) is 6.92. The molecule has 1 N–H and O–H groups in total. The summed E-state index contributed by atoms with van der Waals surface area (Å²) in [6.07, 6.45) is 5.40. The fraction of sp³-hybridized carbons (Fsp3) is 0.233. The Hall–Kier alpha value is -4.23. The largest absolute Gasteiger partial charge is 0.493 e. The molecule has 0 spiro atoms. The predicted octanol–water partition coefficient (Wildman–Crippen LogP) is 5.25. The van der Waals surface area contributed by atoms with E-state index in [4.69, 9.17) is 9.47 Å². The first-order valence-electron chi connectivity index (χ1n) is 12.1. The first kappa shape index (κ1) is 25.9. The van der Waals surface area contributed by atoms with Crippen molar-refractivity contribution in [3.63, 3.8) is 0 Å². The number of benzene rings is 3. The van der Waals surface area contributed by atoms with E-state index >= 15 is 0 Å². The SMILES string of the molecule is COc1ccc(NC(=O)Cc2ccc(-c3ccc(-c4cnccn4)cc3C)cc2)cc1OCCN(C)C. The molecule has 0 unspecified atom stereocenters.